The second-order valence-corrected chi connectivity index (χ2v) is 5.78. The maximum atomic E-state index is 13.5. The largest absolute Gasteiger partial charge is 0.478 e. The Morgan fingerprint density at radius 3 is 2.58 bits per heavy atom. The molecule has 0 aliphatic heterocycles. The Morgan fingerprint density at radius 2 is 2.00 bits per heavy atom. The predicted octanol–water partition coefficient (Wildman–Crippen LogP) is 4.28. The van der Waals surface area contributed by atoms with E-state index >= 15 is 0 Å². The third-order valence-electron chi connectivity index (χ3n) is 4.24. The summed E-state index contributed by atoms with van der Waals surface area (Å²) in [6.45, 7) is 2.30. The van der Waals surface area contributed by atoms with E-state index in [9.17, 15) is 9.18 Å². The number of rotatable bonds is 4. The fourth-order valence-electron chi connectivity index (χ4n) is 2.88. The second-order valence-electron chi connectivity index (χ2n) is 5.78. The Labute approximate surface area is 113 Å². The van der Waals surface area contributed by atoms with E-state index < -0.39 is 11.8 Å². The summed E-state index contributed by atoms with van der Waals surface area (Å²) >= 11 is 0. The van der Waals surface area contributed by atoms with Crippen molar-refractivity contribution in [3.05, 3.63) is 35.1 Å². The Hall–Kier alpha value is -1.38. The fraction of sp³-hybridized carbons (Fsp3) is 0.562. The zero-order valence-corrected chi connectivity index (χ0v) is 11.4. The number of carboxylic acids is 1. The smallest absolute Gasteiger partial charge is 0.338 e. The highest BCUT2D eigenvalue weighted by atomic mass is 19.1. The molecule has 1 fully saturated rings. The molecule has 2 nitrogen and oxygen atoms in total. The molecule has 0 aromatic heterocycles. The topological polar surface area (TPSA) is 37.3 Å². The van der Waals surface area contributed by atoms with Crippen molar-refractivity contribution in [2.45, 2.75) is 45.4 Å². The number of aryl methyl sites for hydroxylation is 1. The number of hydrogen-bond donors (Lipinski definition) is 1. The van der Waals surface area contributed by atoms with Crippen LogP contribution in [0.15, 0.2) is 18.2 Å². The average Bonchev–Trinajstić information content (AvgIpc) is 2.37. The van der Waals surface area contributed by atoms with Crippen LogP contribution in [-0.4, -0.2) is 11.1 Å². The van der Waals surface area contributed by atoms with E-state index in [0.29, 0.717) is 0 Å². The van der Waals surface area contributed by atoms with Crippen molar-refractivity contribution >= 4 is 5.97 Å². The number of carboxylic acid groups (broad SMARTS) is 1. The molecular weight excluding hydrogens is 243 g/mol. The minimum Gasteiger partial charge on any atom is -0.478 e. The van der Waals surface area contributed by atoms with Crippen molar-refractivity contribution in [3.63, 3.8) is 0 Å². The van der Waals surface area contributed by atoms with E-state index in [1.807, 2.05) is 0 Å². The lowest BCUT2D eigenvalue weighted by Gasteiger charge is -2.26. The minimum absolute atomic E-state index is 0.241. The number of benzene rings is 1. The molecule has 0 spiro atoms. The molecule has 0 saturated heterocycles. The lowest BCUT2D eigenvalue weighted by Crippen LogP contribution is -2.13. The molecule has 1 aromatic carbocycles. The summed E-state index contributed by atoms with van der Waals surface area (Å²) in [7, 11) is 0. The number of halogens is 1. The lowest BCUT2D eigenvalue weighted by molar-refractivity contribution is 0.0692. The van der Waals surface area contributed by atoms with Gasteiger partial charge in [-0.2, -0.15) is 0 Å². The third kappa shape index (κ3) is 3.79. The molecule has 1 saturated carbocycles. The van der Waals surface area contributed by atoms with Gasteiger partial charge in [0.05, 0.1) is 5.56 Å². The first kappa shape index (κ1) is 14.0. The van der Waals surface area contributed by atoms with Gasteiger partial charge < -0.3 is 5.11 Å². The van der Waals surface area contributed by atoms with E-state index in [0.717, 1.165) is 30.2 Å². The second kappa shape index (κ2) is 6.18. The molecule has 2 rings (SSSR count). The summed E-state index contributed by atoms with van der Waals surface area (Å²) in [6.07, 6.45) is 7.08. The Bertz CT molecular complexity index is 448. The molecule has 0 amide bonds. The number of hydrogen-bond acceptors (Lipinski definition) is 1. The molecule has 0 heterocycles. The number of carbonyl (C=O) groups is 1. The van der Waals surface area contributed by atoms with Crippen LogP contribution in [0.3, 0.4) is 0 Å². The first-order chi connectivity index (χ1) is 9.06. The van der Waals surface area contributed by atoms with Gasteiger partial charge in [-0.1, -0.05) is 38.7 Å². The van der Waals surface area contributed by atoms with Crippen molar-refractivity contribution in [1.29, 1.82) is 0 Å². The van der Waals surface area contributed by atoms with Crippen molar-refractivity contribution in [2.24, 2.45) is 11.8 Å². The predicted molar refractivity (Wildman–Crippen MR) is 72.8 cm³/mol. The van der Waals surface area contributed by atoms with Gasteiger partial charge >= 0.3 is 5.97 Å². The summed E-state index contributed by atoms with van der Waals surface area (Å²) in [4.78, 5) is 10.7. The van der Waals surface area contributed by atoms with Crippen LogP contribution < -0.4 is 0 Å². The molecule has 0 radical (unpaired) electrons. The molecule has 1 aliphatic rings. The third-order valence-corrected chi connectivity index (χ3v) is 4.24. The molecule has 1 N–H and O–H groups in total. The zero-order chi connectivity index (χ0) is 13.8. The van der Waals surface area contributed by atoms with Gasteiger partial charge in [-0.05, 0) is 42.4 Å². The number of aromatic carboxylic acids is 1. The van der Waals surface area contributed by atoms with Crippen LogP contribution in [0.4, 0.5) is 4.39 Å². The van der Waals surface area contributed by atoms with E-state index in [-0.39, 0.29) is 5.56 Å². The van der Waals surface area contributed by atoms with E-state index in [1.54, 1.807) is 6.07 Å². The molecule has 104 valence electrons. The Balaban J connectivity index is 1.89. The standard InChI is InChI=1S/C16H21FO2/c1-11-2-4-12(5-3-11)6-7-13-8-9-14(16(18)19)15(17)10-13/h8-12H,2-7H2,1H3,(H,18,19). The molecule has 3 heteroatoms. The van der Waals surface area contributed by atoms with E-state index in [4.69, 9.17) is 5.11 Å². The van der Waals surface area contributed by atoms with Gasteiger partial charge in [0.15, 0.2) is 0 Å². The first-order valence-corrected chi connectivity index (χ1v) is 7.08. The van der Waals surface area contributed by atoms with Crippen LogP contribution in [-0.2, 0) is 6.42 Å². The zero-order valence-electron chi connectivity index (χ0n) is 11.4. The molecule has 1 aromatic rings. The summed E-state index contributed by atoms with van der Waals surface area (Å²) in [5, 5.41) is 8.78. The molecular formula is C16H21FO2. The highest BCUT2D eigenvalue weighted by Crippen LogP contribution is 2.31. The van der Waals surface area contributed by atoms with Crippen LogP contribution in [0, 0.1) is 17.7 Å². The average molecular weight is 264 g/mol. The van der Waals surface area contributed by atoms with Gasteiger partial charge in [0.1, 0.15) is 5.82 Å². The molecule has 0 unspecified atom stereocenters. The van der Waals surface area contributed by atoms with Crippen LogP contribution in [0.25, 0.3) is 0 Å². The molecule has 0 atom stereocenters. The maximum Gasteiger partial charge on any atom is 0.338 e. The maximum absolute atomic E-state index is 13.5. The monoisotopic (exact) mass is 264 g/mol. The summed E-state index contributed by atoms with van der Waals surface area (Å²) in [5.74, 6) is -0.227. The summed E-state index contributed by atoms with van der Waals surface area (Å²) in [6, 6.07) is 4.48. The molecule has 1 aliphatic carbocycles. The fourth-order valence-corrected chi connectivity index (χ4v) is 2.88. The van der Waals surface area contributed by atoms with E-state index in [1.165, 1.54) is 37.8 Å². The highest BCUT2D eigenvalue weighted by molar-refractivity contribution is 5.87. The summed E-state index contributed by atoms with van der Waals surface area (Å²) < 4.78 is 13.5. The van der Waals surface area contributed by atoms with Crippen molar-refractivity contribution in [3.8, 4) is 0 Å². The molecule has 19 heavy (non-hydrogen) atoms. The highest BCUT2D eigenvalue weighted by Gasteiger charge is 2.18. The van der Waals surface area contributed by atoms with Crippen molar-refractivity contribution in [2.75, 3.05) is 0 Å². The van der Waals surface area contributed by atoms with Crippen LogP contribution >= 0.6 is 0 Å². The lowest BCUT2D eigenvalue weighted by atomic mass is 9.80. The normalized spacial score (nSPS) is 23.3. The van der Waals surface area contributed by atoms with Gasteiger partial charge in [-0.15, -0.1) is 0 Å². The van der Waals surface area contributed by atoms with Crippen molar-refractivity contribution < 1.29 is 14.3 Å². The van der Waals surface area contributed by atoms with E-state index in [2.05, 4.69) is 6.92 Å². The SMILES string of the molecule is CC1CCC(CCc2ccc(C(=O)O)c(F)c2)CC1. The molecule has 0 bridgehead atoms. The Kier molecular flexibility index (Phi) is 4.56. The van der Waals surface area contributed by atoms with Crippen LogP contribution in [0.2, 0.25) is 0 Å². The van der Waals surface area contributed by atoms with Gasteiger partial charge in [-0.25, -0.2) is 9.18 Å². The Morgan fingerprint density at radius 1 is 1.32 bits per heavy atom. The minimum atomic E-state index is -1.20. The van der Waals surface area contributed by atoms with Gasteiger partial charge in [0, 0.05) is 0 Å². The first-order valence-electron chi connectivity index (χ1n) is 7.08. The van der Waals surface area contributed by atoms with Crippen molar-refractivity contribution in [1.82, 2.24) is 0 Å². The van der Waals surface area contributed by atoms with Gasteiger partial charge in [-0.3, -0.25) is 0 Å². The van der Waals surface area contributed by atoms with Crippen LogP contribution in [0.5, 0.6) is 0 Å². The quantitative estimate of drug-likeness (QED) is 0.881. The van der Waals surface area contributed by atoms with Gasteiger partial charge in [0.2, 0.25) is 0 Å². The van der Waals surface area contributed by atoms with Gasteiger partial charge in [0.25, 0.3) is 0 Å². The van der Waals surface area contributed by atoms with Crippen LogP contribution in [0.1, 0.15) is 54.9 Å². The summed E-state index contributed by atoms with van der Waals surface area (Å²) in [5.41, 5.74) is 0.663.